The van der Waals surface area contributed by atoms with E-state index < -0.39 is 17.4 Å². The molecule has 6 nitrogen and oxygen atoms in total. The molecule has 2 amide bonds. The van der Waals surface area contributed by atoms with E-state index in [1.807, 2.05) is 6.92 Å². The Kier molecular flexibility index (Phi) is 5.37. The molecule has 0 bridgehead atoms. The summed E-state index contributed by atoms with van der Waals surface area (Å²) in [4.78, 5) is 22.6. The fraction of sp³-hybridized carbons (Fsp3) is 0.818. The zero-order chi connectivity index (χ0) is 12.7. The molecule has 0 aromatic rings. The van der Waals surface area contributed by atoms with Gasteiger partial charge in [-0.15, -0.1) is 0 Å². The largest absolute Gasteiger partial charge is 0.388 e. The third kappa shape index (κ3) is 4.70. The molecule has 17 heavy (non-hydrogen) atoms. The lowest BCUT2D eigenvalue weighted by molar-refractivity contribution is -0.140. The highest BCUT2D eigenvalue weighted by atomic mass is 16.5. The third-order valence-electron chi connectivity index (χ3n) is 2.74. The van der Waals surface area contributed by atoms with Crippen LogP contribution < -0.4 is 10.6 Å². The second-order valence-corrected chi connectivity index (χ2v) is 4.28. The van der Waals surface area contributed by atoms with E-state index in [-0.39, 0.29) is 6.54 Å². The summed E-state index contributed by atoms with van der Waals surface area (Å²) in [6.07, 6.45) is 1.73. The number of aliphatic hydroxyl groups is 1. The van der Waals surface area contributed by atoms with Crippen molar-refractivity contribution in [2.24, 2.45) is 0 Å². The summed E-state index contributed by atoms with van der Waals surface area (Å²) < 4.78 is 5.12. The maximum absolute atomic E-state index is 11.4. The average molecular weight is 244 g/mol. The fourth-order valence-electron chi connectivity index (χ4n) is 1.57. The van der Waals surface area contributed by atoms with E-state index in [4.69, 9.17) is 4.74 Å². The average Bonchev–Trinajstić information content (AvgIpc) is 2.34. The Morgan fingerprint density at radius 1 is 1.24 bits per heavy atom. The summed E-state index contributed by atoms with van der Waals surface area (Å²) in [5.41, 5.74) is -0.945. The van der Waals surface area contributed by atoms with Crippen LogP contribution in [0.15, 0.2) is 0 Å². The predicted molar refractivity (Wildman–Crippen MR) is 61.3 cm³/mol. The van der Waals surface area contributed by atoms with Gasteiger partial charge in [0.1, 0.15) is 0 Å². The van der Waals surface area contributed by atoms with E-state index >= 15 is 0 Å². The Bertz CT molecular complexity index is 275. The minimum absolute atomic E-state index is 0.0920. The molecule has 1 saturated heterocycles. The first-order valence-electron chi connectivity index (χ1n) is 5.93. The standard InChI is InChI=1S/C11H20N2O4/c1-2-5-12-9(14)10(15)13-8-11(16)3-6-17-7-4-11/h16H,2-8H2,1H3,(H,12,14)(H,13,15). The maximum Gasteiger partial charge on any atom is 0.309 e. The summed E-state index contributed by atoms with van der Waals surface area (Å²) in [7, 11) is 0. The highest BCUT2D eigenvalue weighted by Gasteiger charge is 2.30. The van der Waals surface area contributed by atoms with E-state index in [1.54, 1.807) is 0 Å². The van der Waals surface area contributed by atoms with Gasteiger partial charge in [0, 0.05) is 39.1 Å². The lowest BCUT2D eigenvalue weighted by Gasteiger charge is -2.31. The van der Waals surface area contributed by atoms with Crippen LogP contribution in [0.5, 0.6) is 0 Å². The monoisotopic (exact) mass is 244 g/mol. The number of hydrogen-bond donors (Lipinski definition) is 3. The quantitative estimate of drug-likeness (QED) is 0.563. The van der Waals surface area contributed by atoms with E-state index in [9.17, 15) is 14.7 Å². The Morgan fingerprint density at radius 2 is 1.82 bits per heavy atom. The van der Waals surface area contributed by atoms with E-state index in [1.165, 1.54) is 0 Å². The van der Waals surface area contributed by atoms with E-state index in [0.717, 1.165) is 6.42 Å². The first-order chi connectivity index (χ1) is 8.07. The molecule has 1 aliphatic heterocycles. The van der Waals surface area contributed by atoms with Gasteiger partial charge in [-0.2, -0.15) is 0 Å². The molecule has 0 spiro atoms. The summed E-state index contributed by atoms with van der Waals surface area (Å²) in [5, 5.41) is 15.0. The molecule has 0 aromatic carbocycles. The summed E-state index contributed by atoms with van der Waals surface area (Å²) in [5.74, 6) is -1.35. The molecule has 1 heterocycles. The number of nitrogens with one attached hydrogen (secondary N) is 2. The predicted octanol–water partition coefficient (Wildman–Crippen LogP) is -0.830. The molecular weight excluding hydrogens is 224 g/mol. The van der Waals surface area contributed by atoms with Crippen LogP contribution in [0.4, 0.5) is 0 Å². The molecule has 1 rings (SSSR count). The van der Waals surface area contributed by atoms with Crippen molar-refractivity contribution in [3.8, 4) is 0 Å². The van der Waals surface area contributed by atoms with Gasteiger partial charge >= 0.3 is 11.8 Å². The van der Waals surface area contributed by atoms with Crippen molar-refractivity contribution in [1.29, 1.82) is 0 Å². The van der Waals surface area contributed by atoms with Gasteiger partial charge in [-0.1, -0.05) is 6.92 Å². The molecule has 6 heteroatoms. The zero-order valence-corrected chi connectivity index (χ0v) is 10.1. The SMILES string of the molecule is CCCNC(=O)C(=O)NCC1(O)CCOCC1. The van der Waals surface area contributed by atoms with Crippen LogP contribution in [-0.2, 0) is 14.3 Å². The van der Waals surface area contributed by atoms with Crippen LogP contribution in [0, 0.1) is 0 Å². The Balaban J connectivity index is 2.29. The fourth-order valence-corrected chi connectivity index (χ4v) is 1.57. The zero-order valence-electron chi connectivity index (χ0n) is 10.1. The lowest BCUT2D eigenvalue weighted by Crippen LogP contribution is -2.50. The van der Waals surface area contributed by atoms with Crippen molar-refractivity contribution in [1.82, 2.24) is 10.6 Å². The summed E-state index contributed by atoms with van der Waals surface area (Å²) >= 11 is 0. The Hall–Kier alpha value is -1.14. The van der Waals surface area contributed by atoms with Gasteiger partial charge in [0.15, 0.2) is 0 Å². The minimum Gasteiger partial charge on any atom is -0.388 e. The van der Waals surface area contributed by atoms with Crippen LogP contribution >= 0.6 is 0 Å². The van der Waals surface area contributed by atoms with Crippen molar-refractivity contribution < 1.29 is 19.4 Å². The number of ether oxygens (including phenoxy) is 1. The van der Waals surface area contributed by atoms with Gasteiger partial charge in [0.05, 0.1) is 5.60 Å². The molecule has 0 aromatic heterocycles. The molecule has 0 unspecified atom stereocenters. The molecule has 0 aliphatic carbocycles. The number of carbonyl (C=O) groups is 2. The van der Waals surface area contributed by atoms with Gasteiger partial charge < -0.3 is 20.5 Å². The van der Waals surface area contributed by atoms with Crippen molar-refractivity contribution >= 4 is 11.8 Å². The van der Waals surface area contributed by atoms with Crippen LogP contribution in [0.25, 0.3) is 0 Å². The maximum atomic E-state index is 11.4. The highest BCUT2D eigenvalue weighted by molar-refractivity contribution is 6.35. The van der Waals surface area contributed by atoms with Crippen molar-refractivity contribution in [3.63, 3.8) is 0 Å². The molecule has 98 valence electrons. The molecule has 1 aliphatic rings. The van der Waals surface area contributed by atoms with Gasteiger partial charge in [0.2, 0.25) is 0 Å². The number of amides is 2. The lowest BCUT2D eigenvalue weighted by atomic mass is 9.94. The second kappa shape index (κ2) is 6.56. The summed E-state index contributed by atoms with van der Waals surface area (Å²) in [6.45, 7) is 3.44. The second-order valence-electron chi connectivity index (χ2n) is 4.28. The van der Waals surface area contributed by atoms with Crippen LogP contribution in [0.3, 0.4) is 0 Å². The third-order valence-corrected chi connectivity index (χ3v) is 2.74. The van der Waals surface area contributed by atoms with Crippen LogP contribution in [0.2, 0.25) is 0 Å². The normalized spacial score (nSPS) is 18.5. The van der Waals surface area contributed by atoms with Gasteiger partial charge in [-0.05, 0) is 6.42 Å². The highest BCUT2D eigenvalue weighted by Crippen LogP contribution is 2.18. The number of rotatable bonds is 4. The molecule has 0 radical (unpaired) electrons. The number of hydrogen-bond acceptors (Lipinski definition) is 4. The molecule has 3 N–H and O–H groups in total. The first kappa shape index (κ1) is 13.9. The van der Waals surface area contributed by atoms with E-state index in [0.29, 0.717) is 32.6 Å². The number of carbonyl (C=O) groups excluding carboxylic acids is 2. The smallest absolute Gasteiger partial charge is 0.309 e. The van der Waals surface area contributed by atoms with Crippen molar-refractivity contribution in [3.05, 3.63) is 0 Å². The Morgan fingerprint density at radius 3 is 2.41 bits per heavy atom. The van der Waals surface area contributed by atoms with Gasteiger partial charge in [0.25, 0.3) is 0 Å². The molecular formula is C11H20N2O4. The Labute approximate surface area is 101 Å². The van der Waals surface area contributed by atoms with Crippen molar-refractivity contribution in [2.45, 2.75) is 31.8 Å². The molecule has 0 atom stereocenters. The topological polar surface area (TPSA) is 87.7 Å². The molecule has 0 saturated carbocycles. The van der Waals surface area contributed by atoms with Crippen molar-refractivity contribution in [2.75, 3.05) is 26.3 Å². The van der Waals surface area contributed by atoms with Gasteiger partial charge in [-0.3, -0.25) is 9.59 Å². The summed E-state index contributed by atoms with van der Waals surface area (Å²) in [6, 6.07) is 0. The van der Waals surface area contributed by atoms with Crippen LogP contribution in [0.1, 0.15) is 26.2 Å². The minimum atomic E-state index is -0.945. The van der Waals surface area contributed by atoms with Gasteiger partial charge in [-0.25, -0.2) is 0 Å². The first-order valence-corrected chi connectivity index (χ1v) is 5.93. The van der Waals surface area contributed by atoms with Crippen LogP contribution in [-0.4, -0.2) is 48.8 Å². The van der Waals surface area contributed by atoms with E-state index in [2.05, 4.69) is 10.6 Å². The molecule has 1 fully saturated rings.